The largest absolute Gasteiger partial charge is 0.475 e. The Kier molecular flexibility index (Phi) is 11.0. The monoisotopic (exact) mass is 739 g/mol. The number of amides is 1. The molecule has 0 radical (unpaired) electrons. The normalized spacial score (nSPS) is 19.2. The van der Waals surface area contributed by atoms with Gasteiger partial charge in [0.25, 0.3) is 15.9 Å². The molecule has 1 aliphatic heterocycles. The van der Waals surface area contributed by atoms with Crippen LogP contribution < -0.4 is 9.04 Å². The Morgan fingerprint density at radius 1 is 0.962 bits per heavy atom. The quantitative estimate of drug-likeness (QED) is 0.186. The van der Waals surface area contributed by atoms with Gasteiger partial charge in [0.2, 0.25) is 11.8 Å². The third kappa shape index (κ3) is 8.73. The number of hydrogen-bond donors (Lipinski definition) is 0. The Labute approximate surface area is 315 Å². The number of methoxy groups -OCH3 is 1. The van der Waals surface area contributed by atoms with Crippen molar-refractivity contribution < 1.29 is 22.7 Å². The highest BCUT2D eigenvalue weighted by Crippen LogP contribution is 2.42. The second-order valence-electron chi connectivity index (χ2n) is 16.6. The fourth-order valence-corrected chi connectivity index (χ4v) is 8.89. The number of pyridine rings is 1. The average molecular weight is 740 g/mol. The first kappa shape index (κ1) is 38.4. The molecule has 6 rings (SSSR count). The van der Waals surface area contributed by atoms with Gasteiger partial charge in [0.1, 0.15) is 13.3 Å². The van der Waals surface area contributed by atoms with Crippen LogP contribution in [0.15, 0.2) is 71.8 Å². The molecule has 0 unspecified atom stereocenters. The van der Waals surface area contributed by atoms with Crippen molar-refractivity contribution >= 4 is 21.9 Å². The Morgan fingerprint density at radius 3 is 2.30 bits per heavy atom. The Morgan fingerprint density at radius 2 is 1.66 bits per heavy atom. The number of fused-ring (bicyclic) bond motifs is 4. The first-order valence-corrected chi connectivity index (χ1v) is 19.9. The fraction of sp³-hybridized carbons (Fsp3) is 0.476. The van der Waals surface area contributed by atoms with Gasteiger partial charge in [0.05, 0.1) is 28.9 Å². The molecule has 0 N–H and O–H groups in total. The van der Waals surface area contributed by atoms with E-state index in [0.29, 0.717) is 23.4 Å². The molecule has 10 nitrogen and oxygen atoms in total. The summed E-state index contributed by atoms with van der Waals surface area (Å²) in [5.74, 6) is 0.270. The number of carbonyl (C=O) groups excluding carboxylic acids is 1. The van der Waals surface area contributed by atoms with Gasteiger partial charge in [0, 0.05) is 30.5 Å². The number of hydrogen-bond acceptors (Lipinski definition) is 8. The number of sulfonamides is 1. The molecule has 2 aromatic heterocycles. The zero-order valence-electron chi connectivity index (χ0n) is 32.3. The van der Waals surface area contributed by atoms with E-state index in [4.69, 9.17) is 19.4 Å². The number of rotatable bonds is 7. The fourth-order valence-electron chi connectivity index (χ4n) is 7.57. The van der Waals surface area contributed by atoms with Crippen molar-refractivity contribution in [2.75, 3.05) is 24.8 Å². The topological polar surface area (TPSA) is 115 Å². The van der Waals surface area contributed by atoms with Crippen molar-refractivity contribution in [2.45, 2.75) is 104 Å². The second kappa shape index (κ2) is 15.2. The molecule has 1 fully saturated rings. The van der Waals surface area contributed by atoms with E-state index in [1.165, 1.54) is 37.6 Å². The number of anilines is 1. The number of nitrogens with zero attached hydrogens (tertiary/aromatic N) is 5. The highest BCUT2D eigenvalue weighted by Gasteiger charge is 2.34. The van der Waals surface area contributed by atoms with E-state index >= 15 is 0 Å². The van der Waals surface area contributed by atoms with Crippen LogP contribution in [0.2, 0.25) is 0 Å². The second-order valence-corrected chi connectivity index (χ2v) is 18.5. The molecule has 11 heteroatoms. The summed E-state index contributed by atoms with van der Waals surface area (Å²) in [4.78, 5) is 30.7. The summed E-state index contributed by atoms with van der Waals surface area (Å²) >= 11 is 0. The third-order valence-corrected chi connectivity index (χ3v) is 12.2. The summed E-state index contributed by atoms with van der Waals surface area (Å²) < 4.78 is 41.7. The van der Waals surface area contributed by atoms with Gasteiger partial charge >= 0.3 is 0 Å². The zero-order valence-corrected chi connectivity index (χ0v) is 33.2. The van der Waals surface area contributed by atoms with Gasteiger partial charge in [-0.05, 0) is 104 Å². The maximum atomic E-state index is 14.7. The maximum Gasteiger partial charge on any atom is 0.268 e. The summed E-state index contributed by atoms with van der Waals surface area (Å²) in [6, 6.07) is 17.6. The molecule has 3 heterocycles. The molecule has 1 saturated carbocycles. The predicted octanol–water partition coefficient (Wildman–Crippen LogP) is 8.48. The first-order chi connectivity index (χ1) is 25.0. The van der Waals surface area contributed by atoms with E-state index in [1.807, 2.05) is 44.3 Å². The molecule has 2 aromatic carbocycles. The number of benzene rings is 2. The summed E-state index contributed by atoms with van der Waals surface area (Å²) in [5.41, 5.74) is 5.73. The van der Waals surface area contributed by atoms with Crippen molar-refractivity contribution in [3.63, 3.8) is 0 Å². The van der Waals surface area contributed by atoms with Gasteiger partial charge in [-0.15, -0.1) is 0 Å². The smallest absolute Gasteiger partial charge is 0.268 e. The van der Waals surface area contributed by atoms with Gasteiger partial charge in [0.15, 0.2) is 0 Å². The SMILES string of the molecule is COCN1c2nc(cc(-c3c(C)cccc3C)n2)OC[C@@H](CC(C)(C)C)N(Cc2ccc(C3CCC(C)(C)CC3)cn2)C(=O)c2cccc(c2)S1(=O)=O. The Bertz CT molecular complexity index is 2030. The minimum atomic E-state index is -4.30. The van der Waals surface area contributed by atoms with E-state index in [9.17, 15) is 13.2 Å². The minimum absolute atomic E-state index is 0.0753. The van der Waals surface area contributed by atoms with Crippen molar-refractivity contribution in [2.24, 2.45) is 10.8 Å². The predicted molar refractivity (Wildman–Crippen MR) is 207 cm³/mol. The molecule has 1 amide bonds. The molecule has 4 aromatic rings. The van der Waals surface area contributed by atoms with E-state index in [0.717, 1.165) is 39.5 Å². The van der Waals surface area contributed by atoms with E-state index in [1.54, 1.807) is 23.1 Å². The molecule has 1 aliphatic carbocycles. The van der Waals surface area contributed by atoms with Crippen LogP contribution in [0.4, 0.5) is 5.95 Å². The van der Waals surface area contributed by atoms with Crippen LogP contribution in [0.1, 0.15) is 105 Å². The minimum Gasteiger partial charge on any atom is -0.475 e. The van der Waals surface area contributed by atoms with Crippen LogP contribution in [0.3, 0.4) is 0 Å². The Hall–Kier alpha value is -4.35. The maximum absolute atomic E-state index is 14.7. The average Bonchev–Trinajstić information content (AvgIpc) is 3.10. The van der Waals surface area contributed by atoms with E-state index < -0.39 is 16.1 Å². The number of carbonyl (C=O) groups is 1. The van der Waals surface area contributed by atoms with Crippen LogP contribution in [0.25, 0.3) is 11.3 Å². The Balaban J connectivity index is 1.46. The van der Waals surface area contributed by atoms with Crippen molar-refractivity contribution in [1.29, 1.82) is 0 Å². The van der Waals surface area contributed by atoms with Gasteiger partial charge < -0.3 is 14.4 Å². The van der Waals surface area contributed by atoms with Crippen LogP contribution in [0.5, 0.6) is 5.88 Å². The molecular formula is C42H53N5O5S. The van der Waals surface area contributed by atoms with Gasteiger partial charge in [-0.3, -0.25) is 9.78 Å². The van der Waals surface area contributed by atoms with Crippen LogP contribution >= 0.6 is 0 Å². The van der Waals surface area contributed by atoms with E-state index in [2.05, 4.69) is 45.7 Å². The van der Waals surface area contributed by atoms with Crippen molar-refractivity contribution in [3.8, 4) is 17.1 Å². The number of aromatic nitrogens is 3. The van der Waals surface area contributed by atoms with Gasteiger partial charge in [-0.1, -0.05) is 65.0 Å². The molecule has 53 heavy (non-hydrogen) atoms. The van der Waals surface area contributed by atoms with Gasteiger partial charge in [-0.2, -0.15) is 4.98 Å². The summed E-state index contributed by atoms with van der Waals surface area (Å²) in [5, 5.41) is 0. The molecule has 0 saturated heterocycles. The molecule has 1 atom stereocenters. The summed E-state index contributed by atoms with van der Waals surface area (Å²) in [6.45, 7) is 15.0. The lowest BCUT2D eigenvalue weighted by Crippen LogP contribution is -2.45. The lowest BCUT2D eigenvalue weighted by atomic mass is 9.71. The highest BCUT2D eigenvalue weighted by molar-refractivity contribution is 7.92. The molecule has 2 aliphatic rings. The highest BCUT2D eigenvalue weighted by atomic mass is 32.2. The number of ether oxygens (including phenoxy) is 2. The van der Waals surface area contributed by atoms with Gasteiger partial charge in [-0.25, -0.2) is 17.7 Å². The van der Waals surface area contributed by atoms with Crippen LogP contribution in [-0.2, 0) is 21.3 Å². The first-order valence-electron chi connectivity index (χ1n) is 18.5. The third-order valence-electron chi connectivity index (χ3n) is 10.5. The summed E-state index contributed by atoms with van der Waals surface area (Å²) in [7, 11) is -2.89. The summed E-state index contributed by atoms with van der Waals surface area (Å²) in [6.07, 6.45) is 7.22. The van der Waals surface area contributed by atoms with Crippen LogP contribution in [0, 0.1) is 24.7 Å². The lowest BCUT2D eigenvalue weighted by molar-refractivity contribution is 0.0509. The van der Waals surface area contributed by atoms with E-state index in [-0.39, 0.29) is 53.5 Å². The molecular weight excluding hydrogens is 687 g/mol. The van der Waals surface area contributed by atoms with Crippen LogP contribution in [-0.4, -0.2) is 60.7 Å². The molecule has 0 spiro atoms. The van der Waals surface area contributed by atoms with Crippen molar-refractivity contribution in [1.82, 2.24) is 19.9 Å². The molecule has 4 bridgehead atoms. The lowest BCUT2D eigenvalue weighted by Gasteiger charge is -2.36. The van der Waals surface area contributed by atoms with Crippen molar-refractivity contribution in [3.05, 3.63) is 94.8 Å². The standard InChI is InChI=1S/C42H53N5O5S/c1-28-11-9-12-29(2)38(28)36-22-37-45-40(44-36)47(27-51-8)53(49,50)35-14-10-13-31(21-35)39(48)46(34(26-52-37)23-41(3,4)5)25-33-16-15-32(24-43-33)30-17-19-42(6,7)20-18-30/h9-16,21-22,24,30,34H,17-20,23,25-27H2,1-8H3/t34-/m1/s1. The zero-order chi connectivity index (χ0) is 38.1. The molecule has 282 valence electrons. The number of aryl methyl sites for hydroxylation is 2.